The molecule has 0 aromatic heterocycles. The standard InChI is InChI=1S/C33H59NO13/c1-26(36)42-20-30(21-43-27(2)37)24-46-32(40)14-8-5-10-16-34(18-12-7-13-19-35)17-11-6-9-15-33(41)47-25-31(22-44-28(3)38)23-45-29(4)39/h30-32,35,40H,5-25H2,1-4H3. The van der Waals surface area contributed by atoms with E-state index in [4.69, 9.17) is 33.5 Å². The summed E-state index contributed by atoms with van der Waals surface area (Å²) in [6.45, 7) is 8.18. The lowest BCUT2D eigenvalue weighted by Crippen LogP contribution is -2.28. The summed E-state index contributed by atoms with van der Waals surface area (Å²) in [5.74, 6) is -2.96. The van der Waals surface area contributed by atoms with Crippen LogP contribution in [0.1, 0.15) is 98.3 Å². The molecule has 0 spiro atoms. The van der Waals surface area contributed by atoms with Crippen LogP contribution < -0.4 is 0 Å². The highest BCUT2D eigenvalue weighted by molar-refractivity contribution is 5.69. The number of carbonyl (C=O) groups is 5. The predicted octanol–water partition coefficient (Wildman–Crippen LogP) is 2.93. The molecule has 0 bridgehead atoms. The first kappa shape index (κ1) is 44.2. The largest absolute Gasteiger partial charge is 0.465 e. The number of esters is 5. The van der Waals surface area contributed by atoms with E-state index >= 15 is 0 Å². The zero-order valence-electron chi connectivity index (χ0n) is 28.9. The molecule has 274 valence electrons. The van der Waals surface area contributed by atoms with Gasteiger partial charge in [0, 0.05) is 40.7 Å². The molecule has 0 aliphatic heterocycles. The van der Waals surface area contributed by atoms with Crippen LogP contribution in [0.4, 0.5) is 0 Å². The normalized spacial score (nSPS) is 11.9. The Morgan fingerprint density at radius 1 is 0.532 bits per heavy atom. The van der Waals surface area contributed by atoms with Crippen molar-refractivity contribution in [1.82, 2.24) is 4.90 Å². The van der Waals surface area contributed by atoms with Gasteiger partial charge < -0.3 is 43.5 Å². The number of hydrogen-bond acceptors (Lipinski definition) is 14. The van der Waals surface area contributed by atoms with E-state index in [-0.39, 0.29) is 64.6 Å². The van der Waals surface area contributed by atoms with Gasteiger partial charge in [-0.25, -0.2) is 0 Å². The Balaban J connectivity index is 4.40. The molecule has 0 amide bonds. The van der Waals surface area contributed by atoms with E-state index in [1.807, 2.05) is 0 Å². The van der Waals surface area contributed by atoms with E-state index in [0.717, 1.165) is 71.0 Å². The smallest absolute Gasteiger partial charge is 0.305 e. The molecule has 14 nitrogen and oxygen atoms in total. The molecular formula is C33H59NO13. The number of unbranched alkanes of at least 4 members (excludes halogenated alkanes) is 6. The molecule has 2 N–H and O–H groups in total. The van der Waals surface area contributed by atoms with Crippen LogP contribution >= 0.6 is 0 Å². The molecule has 0 saturated carbocycles. The average Bonchev–Trinajstić information content (AvgIpc) is 3.01. The SMILES string of the molecule is CC(=O)OCC(COC(C)=O)COC(=O)CCCCCN(CCCCCO)CCCCCC(O)OCC(COC(C)=O)COC(C)=O. The van der Waals surface area contributed by atoms with Crippen molar-refractivity contribution in [2.45, 2.75) is 105 Å². The van der Waals surface area contributed by atoms with Gasteiger partial charge >= 0.3 is 29.8 Å². The second-order valence-electron chi connectivity index (χ2n) is 11.7. The first-order valence-corrected chi connectivity index (χ1v) is 16.7. The summed E-state index contributed by atoms with van der Waals surface area (Å²) in [6, 6.07) is 0. The second-order valence-corrected chi connectivity index (χ2v) is 11.7. The van der Waals surface area contributed by atoms with Crippen LogP contribution in [0.15, 0.2) is 0 Å². The summed E-state index contributed by atoms with van der Waals surface area (Å²) >= 11 is 0. The van der Waals surface area contributed by atoms with E-state index in [0.29, 0.717) is 12.8 Å². The molecule has 0 saturated heterocycles. The Morgan fingerprint density at radius 3 is 1.38 bits per heavy atom. The zero-order chi connectivity index (χ0) is 35.3. The lowest BCUT2D eigenvalue weighted by Gasteiger charge is -2.22. The van der Waals surface area contributed by atoms with E-state index in [1.54, 1.807) is 0 Å². The molecule has 47 heavy (non-hydrogen) atoms. The van der Waals surface area contributed by atoms with Gasteiger partial charge in [0.05, 0.1) is 31.7 Å². The van der Waals surface area contributed by atoms with Gasteiger partial charge in [0.25, 0.3) is 0 Å². The summed E-state index contributed by atoms with van der Waals surface area (Å²) in [7, 11) is 0. The molecule has 0 heterocycles. The highest BCUT2D eigenvalue weighted by Crippen LogP contribution is 2.12. The number of carbonyl (C=O) groups excluding carboxylic acids is 5. The van der Waals surface area contributed by atoms with Gasteiger partial charge in [-0.05, 0) is 71.0 Å². The molecule has 0 fully saturated rings. The monoisotopic (exact) mass is 677 g/mol. The molecule has 0 aromatic rings. The van der Waals surface area contributed by atoms with Crippen molar-refractivity contribution < 1.29 is 62.6 Å². The van der Waals surface area contributed by atoms with Crippen molar-refractivity contribution in [3.8, 4) is 0 Å². The fourth-order valence-electron chi connectivity index (χ4n) is 4.42. The minimum absolute atomic E-state index is 0.00313. The lowest BCUT2D eigenvalue weighted by molar-refractivity contribution is -0.155. The van der Waals surface area contributed by atoms with Crippen LogP contribution in [0.5, 0.6) is 0 Å². The van der Waals surface area contributed by atoms with E-state index in [9.17, 15) is 29.1 Å². The number of nitrogens with zero attached hydrogens (tertiary/aromatic N) is 1. The first-order chi connectivity index (χ1) is 22.4. The van der Waals surface area contributed by atoms with Crippen molar-refractivity contribution in [2.75, 3.05) is 65.9 Å². The fourth-order valence-corrected chi connectivity index (χ4v) is 4.42. The third-order valence-corrected chi connectivity index (χ3v) is 7.01. The number of aliphatic hydroxyl groups is 2. The van der Waals surface area contributed by atoms with Crippen molar-refractivity contribution in [1.29, 1.82) is 0 Å². The van der Waals surface area contributed by atoms with Crippen molar-refractivity contribution in [2.24, 2.45) is 11.8 Å². The summed E-state index contributed by atoms with van der Waals surface area (Å²) in [4.78, 5) is 59.0. The number of hydrogen-bond donors (Lipinski definition) is 2. The number of aliphatic hydroxyl groups excluding tert-OH is 2. The van der Waals surface area contributed by atoms with Crippen LogP contribution in [-0.4, -0.2) is 117 Å². The Bertz CT molecular complexity index is 833. The number of rotatable bonds is 30. The van der Waals surface area contributed by atoms with E-state index in [1.165, 1.54) is 27.7 Å². The summed E-state index contributed by atoms with van der Waals surface area (Å²) in [6.07, 6.45) is 7.53. The maximum Gasteiger partial charge on any atom is 0.305 e. The topological polar surface area (TPSA) is 184 Å². The van der Waals surface area contributed by atoms with Gasteiger partial charge in [-0.15, -0.1) is 0 Å². The van der Waals surface area contributed by atoms with Crippen LogP contribution in [0.2, 0.25) is 0 Å². The molecule has 0 aliphatic rings. The molecule has 0 aromatic carbocycles. The quantitative estimate of drug-likeness (QED) is 0.0489. The van der Waals surface area contributed by atoms with Crippen LogP contribution in [0, 0.1) is 11.8 Å². The summed E-state index contributed by atoms with van der Waals surface area (Å²) in [5.41, 5.74) is 0. The van der Waals surface area contributed by atoms with Gasteiger partial charge in [0.1, 0.15) is 19.8 Å². The highest BCUT2D eigenvalue weighted by atomic mass is 16.6. The molecule has 1 atom stereocenters. The van der Waals surface area contributed by atoms with Crippen LogP contribution in [-0.2, 0) is 52.4 Å². The molecule has 0 rings (SSSR count). The minimum Gasteiger partial charge on any atom is -0.465 e. The first-order valence-electron chi connectivity index (χ1n) is 16.7. The third kappa shape index (κ3) is 30.3. The van der Waals surface area contributed by atoms with Crippen molar-refractivity contribution in [3.05, 3.63) is 0 Å². The van der Waals surface area contributed by atoms with Crippen molar-refractivity contribution in [3.63, 3.8) is 0 Å². The summed E-state index contributed by atoms with van der Waals surface area (Å²) < 4.78 is 30.7. The predicted molar refractivity (Wildman–Crippen MR) is 171 cm³/mol. The molecule has 1 unspecified atom stereocenters. The van der Waals surface area contributed by atoms with Crippen LogP contribution in [0.3, 0.4) is 0 Å². The Hall–Kier alpha value is -2.81. The third-order valence-electron chi connectivity index (χ3n) is 7.01. The van der Waals surface area contributed by atoms with Gasteiger partial charge in [0.15, 0.2) is 6.29 Å². The fraction of sp³-hybridized carbons (Fsp3) is 0.848. The van der Waals surface area contributed by atoms with Gasteiger partial charge in [-0.3, -0.25) is 24.0 Å². The minimum atomic E-state index is -0.970. The highest BCUT2D eigenvalue weighted by Gasteiger charge is 2.17. The van der Waals surface area contributed by atoms with Gasteiger partial charge in [-0.1, -0.05) is 12.8 Å². The average molecular weight is 678 g/mol. The van der Waals surface area contributed by atoms with Gasteiger partial charge in [-0.2, -0.15) is 0 Å². The molecule has 0 radical (unpaired) electrons. The Morgan fingerprint density at radius 2 is 0.936 bits per heavy atom. The Labute approximate surface area is 279 Å². The van der Waals surface area contributed by atoms with E-state index in [2.05, 4.69) is 4.90 Å². The molecular weight excluding hydrogens is 618 g/mol. The summed E-state index contributed by atoms with van der Waals surface area (Å²) in [5, 5.41) is 19.3. The molecule has 14 heteroatoms. The maximum absolute atomic E-state index is 12.2. The van der Waals surface area contributed by atoms with Crippen LogP contribution in [0.25, 0.3) is 0 Å². The Kier molecular flexibility index (Phi) is 27.6. The van der Waals surface area contributed by atoms with Crippen molar-refractivity contribution >= 4 is 29.8 Å². The zero-order valence-corrected chi connectivity index (χ0v) is 28.9. The maximum atomic E-state index is 12.2. The second kappa shape index (κ2) is 29.3. The van der Waals surface area contributed by atoms with Gasteiger partial charge in [0.2, 0.25) is 0 Å². The lowest BCUT2D eigenvalue weighted by atomic mass is 10.1. The van der Waals surface area contributed by atoms with E-state index < -0.39 is 36.1 Å². The number of ether oxygens (including phenoxy) is 6. The molecule has 0 aliphatic carbocycles.